The molecule has 0 spiro atoms. The van der Waals surface area contributed by atoms with E-state index >= 15 is 0 Å². The Labute approximate surface area is 121 Å². The SMILES string of the molecule is CC(C)(C)OC(=O)NCC(F)(F)CNCc1cccs1. The van der Waals surface area contributed by atoms with E-state index in [1.54, 1.807) is 20.8 Å². The zero-order chi connectivity index (χ0) is 15.2. The number of ether oxygens (including phenoxy) is 1. The second kappa shape index (κ2) is 6.99. The van der Waals surface area contributed by atoms with Crippen LogP contribution in [0.15, 0.2) is 17.5 Å². The molecule has 0 saturated heterocycles. The van der Waals surface area contributed by atoms with Gasteiger partial charge < -0.3 is 15.4 Å². The number of thiophene rings is 1. The van der Waals surface area contributed by atoms with E-state index in [4.69, 9.17) is 4.74 Å². The number of rotatable bonds is 6. The summed E-state index contributed by atoms with van der Waals surface area (Å²) in [6.07, 6.45) is -0.838. The van der Waals surface area contributed by atoms with Crippen LogP contribution in [0.1, 0.15) is 25.6 Å². The van der Waals surface area contributed by atoms with Gasteiger partial charge in [0.25, 0.3) is 5.92 Å². The molecule has 0 aliphatic carbocycles. The maximum Gasteiger partial charge on any atom is 0.407 e. The summed E-state index contributed by atoms with van der Waals surface area (Å²) in [7, 11) is 0. The normalized spacial score (nSPS) is 12.2. The van der Waals surface area contributed by atoms with E-state index in [0.717, 1.165) is 4.88 Å². The fraction of sp³-hybridized carbons (Fsp3) is 0.615. The molecule has 0 radical (unpaired) electrons. The van der Waals surface area contributed by atoms with Gasteiger partial charge in [0.2, 0.25) is 0 Å². The van der Waals surface area contributed by atoms with Gasteiger partial charge in [0.1, 0.15) is 5.60 Å². The molecule has 0 atom stereocenters. The molecule has 0 aliphatic rings. The van der Waals surface area contributed by atoms with Gasteiger partial charge in [-0.25, -0.2) is 13.6 Å². The number of nitrogens with one attached hydrogen (secondary N) is 2. The Hall–Kier alpha value is -1.21. The summed E-state index contributed by atoms with van der Waals surface area (Å²) in [5.41, 5.74) is -0.698. The van der Waals surface area contributed by atoms with Crippen LogP contribution >= 0.6 is 11.3 Å². The van der Waals surface area contributed by atoms with Crippen molar-refractivity contribution in [3.05, 3.63) is 22.4 Å². The third-order valence-electron chi connectivity index (χ3n) is 2.15. The minimum absolute atomic E-state index is 0.389. The van der Waals surface area contributed by atoms with Crippen LogP contribution in [-0.4, -0.2) is 30.7 Å². The molecule has 4 nitrogen and oxygen atoms in total. The lowest BCUT2D eigenvalue weighted by Gasteiger charge is -2.22. The molecule has 0 unspecified atom stereocenters. The van der Waals surface area contributed by atoms with Crippen LogP contribution in [-0.2, 0) is 11.3 Å². The van der Waals surface area contributed by atoms with Crippen molar-refractivity contribution in [2.24, 2.45) is 0 Å². The van der Waals surface area contributed by atoms with Crippen LogP contribution in [0.4, 0.5) is 13.6 Å². The van der Waals surface area contributed by atoms with Gasteiger partial charge in [-0.2, -0.15) is 0 Å². The van der Waals surface area contributed by atoms with Crippen LogP contribution in [0, 0.1) is 0 Å². The molecule has 0 aromatic carbocycles. The van der Waals surface area contributed by atoms with E-state index in [1.165, 1.54) is 11.3 Å². The second-order valence-corrected chi connectivity index (χ2v) is 6.43. The van der Waals surface area contributed by atoms with Gasteiger partial charge in [-0.3, -0.25) is 0 Å². The minimum Gasteiger partial charge on any atom is -0.444 e. The Morgan fingerprint density at radius 3 is 2.60 bits per heavy atom. The minimum atomic E-state index is -3.02. The highest BCUT2D eigenvalue weighted by molar-refractivity contribution is 7.09. The molecule has 0 aliphatic heterocycles. The molecule has 1 rings (SSSR count). The first kappa shape index (κ1) is 16.8. The molecule has 7 heteroatoms. The molecule has 114 valence electrons. The van der Waals surface area contributed by atoms with Crippen molar-refractivity contribution >= 4 is 17.4 Å². The first-order chi connectivity index (χ1) is 9.18. The van der Waals surface area contributed by atoms with Gasteiger partial charge >= 0.3 is 6.09 Å². The summed E-state index contributed by atoms with van der Waals surface area (Å²) >= 11 is 1.50. The van der Waals surface area contributed by atoms with E-state index in [2.05, 4.69) is 10.6 Å². The largest absolute Gasteiger partial charge is 0.444 e. The summed E-state index contributed by atoms with van der Waals surface area (Å²) in [6.45, 7) is 4.16. The van der Waals surface area contributed by atoms with Crippen LogP contribution in [0.5, 0.6) is 0 Å². The van der Waals surface area contributed by atoms with Crippen molar-refractivity contribution in [2.75, 3.05) is 13.1 Å². The summed E-state index contributed by atoms with van der Waals surface area (Å²) < 4.78 is 31.9. The number of alkyl halides is 2. The predicted octanol–water partition coefficient (Wildman–Crippen LogP) is 3.00. The van der Waals surface area contributed by atoms with E-state index in [0.29, 0.717) is 6.54 Å². The maximum absolute atomic E-state index is 13.5. The molecule has 1 amide bonds. The van der Waals surface area contributed by atoms with Gasteiger partial charge in [0.15, 0.2) is 0 Å². The quantitative estimate of drug-likeness (QED) is 0.849. The monoisotopic (exact) mass is 306 g/mol. The lowest BCUT2D eigenvalue weighted by molar-refractivity contribution is -0.00372. The van der Waals surface area contributed by atoms with E-state index in [9.17, 15) is 13.6 Å². The average Bonchev–Trinajstić information content (AvgIpc) is 2.77. The highest BCUT2D eigenvalue weighted by Crippen LogP contribution is 2.13. The summed E-state index contributed by atoms with van der Waals surface area (Å²) in [5, 5.41) is 6.63. The topological polar surface area (TPSA) is 50.4 Å². The van der Waals surface area contributed by atoms with Crippen LogP contribution < -0.4 is 10.6 Å². The maximum atomic E-state index is 13.5. The third kappa shape index (κ3) is 7.40. The predicted molar refractivity (Wildman–Crippen MR) is 75.2 cm³/mol. The molecule has 1 aromatic rings. The third-order valence-corrected chi connectivity index (χ3v) is 3.03. The molecular weight excluding hydrogens is 286 g/mol. The number of alkyl carbamates (subject to hydrolysis) is 1. The van der Waals surface area contributed by atoms with Crippen molar-refractivity contribution < 1.29 is 18.3 Å². The average molecular weight is 306 g/mol. The van der Waals surface area contributed by atoms with E-state index < -0.39 is 30.7 Å². The Kier molecular flexibility index (Phi) is 5.88. The summed E-state index contributed by atoms with van der Waals surface area (Å²) in [6, 6.07) is 3.73. The van der Waals surface area contributed by atoms with Crippen LogP contribution in [0.3, 0.4) is 0 Å². The fourth-order valence-electron chi connectivity index (χ4n) is 1.36. The lowest BCUT2D eigenvalue weighted by atomic mass is 10.2. The Balaban J connectivity index is 2.25. The number of carbonyl (C=O) groups is 1. The molecule has 0 bridgehead atoms. The summed E-state index contributed by atoms with van der Waals surface area (Å²) in [5.74, 6) is -3.02. The van der Waals surface area contributed by atoms with Gasteiger partial charge in [-0.05, 0) is 32.2 Å². The van der Waals surface area contributed by atoms with E-state index in [-0.39, 0.29) is 0 Å². The first-order valence-electron chi connectivity index (χ1n) is 6.26. The first-order valence-corrected chi connectivity index (χ1v) is 7.14. The highest BCUT2D eigenvalue weighted by Gasteiger charge is 2.30. The number of halogens is 2. The van der Waals surface area contributed by atoms with Crippen molar-refractivity contribution in [2.45, 2.75) is 38.8 Å². The van der Waals surface area contributed by atoms with Crippen molar-refractivity contribution in [1.82, 2.24) is 10.6 Å². The van der Waals surface area contributed by atoms with Gasteiger partial charge in [-0.1, -0.05) is 6.07 Å². The second-order valence-electron chi connectivity index (χ2n) is 5.39. The highest BCUT2D eigenvalue weighted by atomic mass is 32.1. The number of hydrogen-bond acceptors (Lipinski definition) is 4. The van der Waals surface area contributed by atoms with Gasteiger partial charge in [-0.15, -0.1) is 11.3 Å². The lowest BCUT2D eigenvalue weighted by Crippen LogP contribution is -2.44. The molecule has 2 N–H and O–H groups in total. The standard InChI is InChI=1S/C13H20F2N2O2S/c1-12(2,3)19-11(18)17-9-13(14,15)8-16-7-10-5-4-6-20-10/h4-6,16H,7-9H2,1-3H3,(H,17,18). The van der Waals surface area contributed by atoms with Crippen molar-refractivity contribution in [1.29, 1.82) is 0 Å². The molecule has 20 heavy (non-hydrogen) atoms. The zero-order valence-electron chi connectivity index (χ0n) is 11.8. The Bertz CT molecular complexity index is 417. The van der Waals surface area contributed by atoms with Crippen molar-refractivity contribution in [3.63, 3.8) is 0 Å². The Morgan fingerprint density at radius 2 is 2.05 bits per heavy atom. The van der Waals surface area contributed by atoms with Crippen molar-refractivity contribution in [3.8, 4) is 0 Å². The van der Waals surface area contributed by atoms with Crippen LogP contribution in [0.2, 0.25) is 0 Å². The van der Waals surface area contributed by atoms with Gasteiger partial charge in [0.05, 0.1) is 13.1 Å². The van der Waals surface area contributed by atoms with Crippen LogP contribution in [0.25, 0.3) is 0 Å². The fourth-order valence-corrected chi connectivity index (χ4v) is 2.03. The number of hydrogen-bond donors (Lipinski definition) is 2. The molecule has 0 saturated carbocycles. The molecule has 1 aromatic heterocycles. The summed E-state index contributed by atoms with van der Waals surface area (Å²) in [4.78, 5) is 12.3. The zero-order valence-corrected chi connectivity index (χ0v) is 12.7. The number of amides is 1. The smallest absolute Gasteiger partial charge is 0.407 e. The van der Waals surface area contributed by atoms with E-state index in [1.807, 2.05) is 17.5 Å². The molecular formula is C13H20F2N2O2S. The molecule has 0 fully saturated rings. The molecule has 1 heterocycles. The Morgan fingerprint density at radius 1 is 1.35 bits per heavy atom. The van der Waals surface area contributed by atoms with Gasteiger partial charge in [0, 0.05) is 11.4 Å². The number of carbonyl (C=O) groups excluding carboxylic acids is 1.